The molecule has 4 rings (SSSR count). The number of hydrogen-bond acceptors (Lipinski definition) is 9. The van der Waals surface area contributed by atoms with Crippen LogP contribution < -0.4 is 0 Å². The first kappa shape index (κ1) is 33.6. The zero-order chi connectivity index (χ0) is 31.7. The van der Waals surface area contributed by atoms with Crippen molar-refractivity contribution in [2.24, 2.45) is 34.0 Å². The minimum atomic E-state index is -2.83. The normalized spacial score (nSPS) is 42.0. The van der Waals surface area contributed by atoms with Crippen LogP contribution in [-0.2, 0) is 14.4 Å². The molecule has 3 fully saturated rings. The Morgan fingerprint density at radius 3 is 2.26 bits per heavy atom. The average Bonchev–Trinajstić information content (AvgIpc) is 3.16. The van der Waals surface area contributed by atoms with E-state index in [4.69, 9.17) is 0 Å². The van der Waals surface area contributed by atoms with Crippen molar-refractivity contribution in [1.82, 2.24) is 0 Å². The molecule has 0 saturated heterocycles. The molecule has 0 amide bonds. The van der Waals surface area contributed by atoms with E-state index >= 15 is 8.78 Å². The summed E-state index contributed by atoms with van der Waals surface area (Å²) < 4.78 is 33.8. The van der Waals surface area contributed by atoms with Gasteiger partial charge in [0, 0.05) is 43.4 Å². The molecule has 0 spiro atoms. The van der Waals surface area contributed by atoms with Crippen molar-refractivity contribution in [2.75, 3.05) is 5.75 Å². The molecule has 9 atom stereocenters. The van der Waals surface area contributed by atoms with E-state index in [2.05, 4.69) is 0 Å². The van der Waals surface area contributed by atoms with E-state index < -0.39 is 93.0 Å². The number of ketones is 2. The van der Waals surface area contributed by atoms with Crippen LogP contribution in [0.25, 0.3) is 0 Å². The fourth-order valence-electron chi connectivity index (χ4n) is 10.0. The van der Waals surface area contributed by atoms with Crippen LogP contribution in [0, 0.1) is 34.0 Å². The molecule has 0 heterocycles. The van der Waals surface area contributed by atoms with E-state index in [1.165, 1.54) is 13.8 Å². The maximum Gasteiger partial charge on any atom is 0.186 e. The molecule has 4 aliphatic carbocycles. The minimum absolute atomic E-state index is 0.00388. The van der Waals surface area contributed by atoms with Gasteiger partial charge in [-0.1, -0.05) is 52.3 Å². The third-order valence-electron chi connectivity index (χ3n) is 11.6. The number of thioether (sulfide) groups is 1. The van der Waals surface area contributed by atoms with E-state index in [9.17, 15) is 39.9 Å². The lowest BCUT2D eigenvalue weighted by Gasteiger charge is -2.65. The van der Waals surface area contributed by atoms with Gasteiger partial charge in [-0.2, -0.15) is 0 Å². The smallest absolute Gasteiger partial charge is 0.186 e. The second kappa shape index (κ2) is 11.0. The van der Waals surface area contributed by atoms with Crippen LogP contribution in [0.4, 0.5) is 8.78 Å². The van der Waals surface area contributed by atoms with Crippen molar-refractivity contribution < 1.29 is 48.7 Å². The lowest BCUT2D eigenvalue weighted by atomic mass is 9.41. The van der Waals surface area contributed by atoms with Crippen molar-refractivity contribution in [2.45, 2.75) is 122 Å². The highest BCUT2D eigenvalue weighted by molar-refractivity contribution is 8.14. The summed E-state index contributed by atoms with van der Waals surface area (Å²) in [6, 6.07) is 0. The number of hydrogen-bond donors (Lipinski definition) is 5. The molecule has 0 aromatic rings. The van der Waals surface area contributed by atoms with Gasteiger partial charge >= 0.3 is 0 Å². The highest BCUT2D eigenvalue weighted by atomic mass is 32.2. The van der Waals surface area contributed by atoms with E-state index in [1.807, 2.05) is 0 Å². The Kier molecular flexibility index (Phi) is 8.80. The predicted molar refractivity (Wildman–Crippen MR) is 152 cm³/mol. The van der Waals surface area contributed by atoms with Gasteiger partial charge in [-0.3, -0.25) is 14.4 Å². The zero-order valence-corrected chi connectivity index (χ0v) is 26.0. The first-order valence-electron chi connectivity index (χ1n) is 15.1. The van der Waals surface area contributed by atoms with E-state index in [1.54, 1.807) is 20.8 Å². The largest absolute Gasteiger partial charge is 0.390 e. The second-order valence-corrected chi connectivity index (χ2v) is 14.9. The molecule has 11 heteroatoms. The van der Waals surface area contributed by atoms with Gasteiger partial charge in [0.05, 0.1) is 17.3 Å². The predicted octanol–water partition coefficient (Wildman–Crippen LogP) is 3.55. The number of halogens is 2. The van der Waals surface area contributed by atoms with Crippen LogP contribution in [0.2, 0.25) is 0 Å². The Labute approximate surface area is 250 Å². The fraction of sp³-hybridized carbons (Fsp3) is 0.839. The molecular weight excluding hydrogens is 570 g/mol. The molecule has 5 N–H and O–H groups in total. The summed E-state index contributed by atoms with van der Waals surface area (Å²) in [7, 11) is 0. The van der Waals surface area contributed by atoms with Gasteiger partial charge in [0.25, 0.3) is 0 Å². The monoisotopic (exact) mass is 616 g/mol. The maximum absolute atomic E-state index is 17.8. The van der Waals surface area contributed by atoms with Crippen LogP contribution in [-0.4, -0.2) is 77.5 Å². The molecule has 238 valence electrons. The number of fused-ring (bicyclic) bond motifs is 5. The molecule has 8 nitrogen and oxygen atoms in total. The van der Waals surface area contributed by atoms with E-state index in [0.717, 1.165) is 6.08 Å². The Bertz CT molecular complexity index is 1160. The lowest BCUT2D eigenvalue weighted by Crippen LogP contribution is -2.73. The lowest BCUT2D eigenvalue weighted by molar-refractivity contribution is -0.326. The van der Waals surface area contributed by atoms with Crippen molar-refractivity contribution in [3.8, 4) is 0 Å². The van der Waals surface area contributed by atoms with Crippen molar-refractivity contribution in [3.05, 3.63) is 11.6 Å². The quantitative estimate of drug-likeness (QED) is 0.245. The van der Waals surface area contributed by atoms with Crippen molar-refractivity contribution in [3.63, 3.8) is 0 Å². The number of allylic oxidation sites excluding steroid dienone is 1. The average molecular weight is 617 g/mol. The molecule has 0 aromatic carbocycles. The molecule has 3 unspecified atom stereocenters. The van der Waals surface area contributed by atoms with Gasteiger partial charge in [0.2, 0.25) is 0 Å². The second-order valence-electron chi connectivity index (χ2n) is 13.7. The van der Waals surface area contributed by atoms with Gasteiger partial charge in [0.1, 0.15) is 11.8 Å². The molecular formula is C31H46F2O8S. The number of alkyl halides is 2. The van der Waals surface area contributed by atoms with Gasteiger partial charge in [-0.25, -0.2) is 8.78 Å². The summed E-state index contributed by atoms with van der Waals surface area (Å²) in [6.07, 6.45) is -3.62. The fourth-order valence-corrected chi connectivity index (χ4v) is 10.6. The van der Waals surface area contributed by atoms with Gasteiger partial charge in [0.15, 0.2) is 28.3 Å². The van der Waals surface area contributed by atoms with E-state index in [0.29, 0.717) is 11.8 Å². The summed E-state index contributed by atoms with van der Waals surface area (Å²) in [5, 5.41) is 58.3. The summed E-state index contributed by atoms with van der Waals surface area (Å²) >= 11 is 0.651. The number of carbonyl (C=O) groups excluding carboxylic acids is 3. The highest BCUT2D eigenvalue weighted by Crippen LogP contribution is 2.77. The number of Topliss-reactive ketones (excluding diaryl/α,β-unsaturated/α-hetero) is 1. The Morgan fingerprint density at radius 2 is 1.69 bits per heavy atom. The molecule has 3 saturated carbocycles. The van der Waals surface area contributed by atoms with Crippen LogP contribution in [0.5, 0.6) is 0 Å². The van der Waals surface area contributed by atoms with E-state index in [-0.39, 0.29) is 56.3 Å². The van der Waals surface area contributed by atoms with Crippen LogP contribution in [0.1, 0.15) is 92.4 Å². The molecule has 0 aliphatic heterocycles. The molecule has 42 heavy (non-hydrogen) atoms. The summed E-state index contributed by atoms with van der Waals surface area (Å²) in [4.78, 5) is 38.6. The number of aliphatic hydroxyl groups excluding tert-OH is 1. The van der Waals surface area contributed by atoms with Gasteiger partial charge in [-0.05, 0) is 48.7 Å². The van der Waals surface area contributed by atoms with Crippen LogP contribution >= 0.6 is 11.8 Å². The van der Waals surface area contributed by atoms with Crippen molar-refractivity contribution in [1.29, 1.82) is 0 Å². The minimum Gasteiger partial charge on any atom is -0.390 e. The standard InChI is InChI=1S/C31H46F2O8S/c1-6-9-28(38,39)23-14-19-20-13-22(32)21-12-18(35)8-11-26(21,4)31(20,33)24(36)15-27(19,5)30(23,29(40,41)10-7-2)25(37)16-42-17(3)34/h12,19-20,22-24,36,38-41H,6-11,13-16H2,1-5H3/t19-,20-,22?,23?,24?,26-,27-,30-,31-/m0/s1. The molecule has 0 radical (unpaired) electrons. The Morgan fingerprint density at radius 1 is 1.07 bits per heavy atom. The highest BCUT2D eigenvalue weighted by Gasteiger charge is 2.82. The van der Waals surface area contributed by atoms with Crippen LogP contribution in [0.15, 0.2) is 11.6 Å². The first-order chi connectivity index (χ1) is 19.3. The maximum atomic E-state index is 17.8. The zero-order valence-electron chi connectivity index (χ0n) is 25.2. The van der Waals surface area contributed by atoms with Gasteiger partial charge in [-0.15, -0.1) is 0 Å². The Hall–Kier alpha value is -1.24. The van der Waals surface area contributed by atoms with Gasteiger partial charge < -0.3 is 25.5 Å². The third-order valence-corrected chi connectivity index (χ3v) is 12.4. The first-order valence-corrected chi connectivity index (χ1v) is 16.1. The summed E-state index contributed by atoms with van der Waals surface area (Å²) in [5.74, 6) is -10.8. The summed E-state index contributed by atoms with van der Waals surface area (Å²) in [6.45, 7) is 7.68. The van der Waals surface area contributed by atoms with Crippen molar-refractivity contribution >= 4 is 28.4 Å². The topological polar surface area (TPSA) is 152 Å². The van der Waals surface area contributed by atoms with Crippen LogP contribution in [0.3, 0.4) is 0 Å². The number of carbonyl (C=O) groups is 3. The number of aliphatic hydroxyl groups is 5. The SMILES string of the molecule is CCCC(O)(O)C1C[C@H]2[C@@H]3CC(F)C4=CC(=O)CC[C@]4(C)[C@@]3(F)C(O)C[C@]2(C)[C@]1(C(=O)CSC(C)=O)C(O)(O)CCC. The Balaban J connectivity index is 2.00. The molecule has 0 bridgehead atoms. The molecule has 0 aromatic heterocycles. The number of rotatable bonds is 9. The third kappa shape index (κ3) is 4.42. The summed E-state index contributed by atoms with van der Waals surface area (Å²) in [5.41, 5.74) is -7.92. The molecule has 4 aliphatic rings.